The van der Waals surface area contributed by atoms with Crippen molar-refractivity contribution in [1.29, 1.82) is 5.26 Å². The lowest BCUT2D eigenvalue weighted by atomic mass is 10.1. The van der Waals surface area contributed by atoms with E-state index in [1.807, 2.05) is 6.07 Å². The Kier molecular flexibility index (Phi) is 4.19. The number of benzene rings is 2. The first-order chi connectivity index (χ1) is 10.1. The highest BCUT2D eigenvalue weighted by Gasteiger charge is 2.16. The van der Waals surface area contributed by atoms with E-state index in [2.05, 4.69) is 5.32 Å². The zero-order valence-corrected chi connectivity index (χ0v) is 11.6. The summed E-state index contributed by atoms with van der Waals surface area (Å²) in [5.74, 6) is -0.899. The first-order valence-electron chi connectivity index (χ1n) is 6.21. The molecule has 0 saturated heterocycles. The highest BCUT2D eigenvalue weighted by atomic mass is 19.1. The van der Waals surface area contributed by atoms with Crippen molar-refractivity contribution in [1.82, 2.24) is 0 Å². The quantitative estimate of drug-likeness (QED) is 0.941. The van der Waals surface area contributed by atoms with E-state index in [0.29, 0.717) is 5.75 Å². The molecule has 2 rings (SSSR count). The minimum atomic E-state index is -0.631. The zero-order chi connectivity index (χ0) is 15.4. The van der Waals surface area contributed by atoms with Gasteiger partial charge in [0.2, 0.25) is 0 Å². The van der Waals surface area contributed by atoms with E-state index in [4.69, 9.17) is 10.00 Å². The number of methoxy groups -OCH3 is 1. The maximum absolute atomic E-state index is 13.8. The monoisotopic (exact) mass is 284 g/mol. The number of anilines is 1. The Morgan fingerprint density at radius 3 is 2.71 bits per heavy atom. The van der Waals surface area contributed by atoms with Crippen LogP contribution in [-0.4, -0.2) is 13.0 Å². The van der Waals surface area contributed by atoms with Gasteiger partial charge in [0, 0.05) is 0 Å². The number of nitrogens with zero attached hydrogens (tertiary/aromatic N) is 1. The first-order valence-corrected chi connectivity index (χ1v) is 6.21. The van der Waals surface area contributed by atoms with E-state index in [0.717, 1.165) is 5.56 Å². The molecule has 1 N–H and O–H groups in total. The van der Waals surface area contributed by atoms with Gasteiger partial charge in [-0.05, 0) is 36.8 Å². The van der Waals surface area contributed by atoms with Crippen LogP contribution in [0.2, 0.25) is 0 Å². The summed E-state index contributed by atoms with van der Waals surface area (Å²) in [6.45, 7) is 1.73. The third-order valence-electron chi connectivity index (χ3n) is 2.97. The number of para-hydroxylation sites is 1. The maximum atomic E-state index is 13.8. The summed E-state index contributed by atoms with van der Waals surface area (Å²) in [5.41, 5.74) is 1.11. The molecule has 5 heteroatoms. The second-order valence-electron chi connectivity index (χ2n) is 4.43. The molecule has 0 fully saturated rings. The van der Waals surface area contributed by atoms with Gasteiger partial charge >= 0.3 is 0 Å². The summed E-state index contributed by atoms with van der Waals surface area (Å²) in [5, 5.41) is 11.6. The van der Waals surface area contributed by atoms with Crippen LogP contribution >= 0.6 is 0 Å². The number of hydrogen-bond acceptors (Lipinski definition) is 3. The molecule has 0 atom stereocenters. The van der Waals surface area contributed by atoms with Crippen LogP contribution in [0.25, 0.3) is 0 Å². The molecule has 0 aliphatic carbocycles. The van der Waals surface area contributed by atoms with Crippen LogP contribution in [0.3, 0.4) is 0 Å². The predicted octanol–water partition coefficient (Wildman–Crippen LogP) is 3.27. The Morgan fingerprint density at radius 1 is 1.33 bits per heavy atom. The molecule has 0 spiro atoms. The van der Waals surface area contributed by atoms with Crippen molar-refractivity contribution < 1.29 is 13.9 Å². The molecule has 0 aliphatic heterocycles. The zero-order valence-electron chi connectivity index (χ0n) is 11.6. The second kappa shape index (κ2) is 6.06. The molecule has 0 radical (unpaired) electrons. The van der Waals surface area contributed by atoms with Crippen molar-refractivity contribution >= 4 is 11.6 Å². The van der Waals surface area contributed by atoms with E-state index >= 15 is 0 Å². The molecule has 106 valence electrons. The minimum absolute atomic E-state index is 0.0876. The number of nitrogens with one attached hydrogen (secondary N) is 1. The van der Waals surface area contributed by atoms with Crippen LogP contribution in [0, 0.1) is 24.1 Å². The van der Waals surface area contributed by atoms with Crippen LogP contribution in [0.1, 0.15) is 21.5 Å². The van der Waals surface area contributed by atoms with Gasteiger partial charge in [-0.3, -0.25) is 4.79 Å². The number of amides is 1. The summed E-state index contributed by atoms with van der Waals surface area (Å²) >= 11 is 0. The van der Waals surface area contributed by atoms with Crippen LogP contribution in [0.4, 0.5) is 10.1 Å². The first kappa shape index (κ1) is 14.5. The van der Waals surface area contributed by atoms with Gasteiger partial charge < -0.3 is 10.1 Å². The highest BCUT2D eigenvalue weighted by Crippen LogP contribution is 2.28. The van der Waals surface area contributed by atoms with Gasteiger partial charge in [0.05, 0.1) is 18.2 Å². The Morgan fingerprint density at radius 2 is 2.10 bits per heavy atom. The van der Waals surface area contributed by atoms with E-state index in [-0.39, 0.29) is 16.8 Å². The number of carbonyl (C=O) groups is 1. The number of hydrogen-bond donors (Lipinski definition) is 1. The fourth-order valence-corrected chi connectivity index (χ4v) is 1.91. The smallest absolute Gasteiger partial charge is 0.258 e. The number of ether oxygens (including phenoxy) is 1. The van der Waals surface area contributed by atoms with Crippen molar-refractivity contribution in [2.24, 2.45) is 0 Å². The minimum Gasteiger partial charge on any atom is -0.495 e. The van der Waals surface area contributed by atoms with Crippen LogP contribution < -0.4 is 10.1 Å². The summed E-state index contributed by atoms with van der Waals surface area (Å²) in [6.07, 6.45) is 0. The maximum Gasteiger partial charge on any atom is 0.258 e. The molecule has 0 aliphatic rings. The van der Waals surface area contributed by atoms with Gasteiger partial charge in [0.1, 0.15) is 23.3 Å². The van der Waals surface area contributed by atoms with E-state index in [9.17, 15) is 9.18 Å². The standard InChI is InChI=1S/C16H13FN2O2/c1-10-6-7-12(13(17)8-10)16(20)19-15-11(9-18)4-3-5-14(15)21-2/h3-8H,1-2H3,(H,19,20). The van der Waals surface area contributed by atoms with Crippen LogP contribution in [-0.2, 0) is 0 Å². The van der Waals surface area contributed by atoms with E-state index in [1.165, 1.54) is 19.2 Å². The molecule has 0 bridgehead atoms. The van der Waals surface area contributed by atoms with Crippen molar-refractivity contribution in [3.05, 3.63) is 58.9 Å². The van der Waals surface area contributed by atoms with Gasteiger partial charge in [-0.2, -0.15) is 5.26 Å². The number of rotatable bonds is 3. The van der Waals surface area contributed by atoms with Crippen molar-refractivity contribution in [2.45, 2.75) is 6.92 Å². The summed E-state index contributed by atoms with van der Waals surface area (Å²) in [7, 11) is 1.43. The third-order valence-corrected chi connectivity index (χ3v) is 2.97. The Bertz CT molecular complexity index is 736. The molecule has 0 heterocycles. The Labute approximate surface area is 121 Å². The SMILES string of the molecule is COc1cccc(C#N)c1NC(=O)c1ccc(C)cc1F. The van der Waals surface area contributed by atoms with Gasteiger partial charge in [0.15, 0.2) is 0 Å². The summed E-state index contributed by atoms with van der Waals surface area (Å²) in [4.78, 5) is 12.2. The third kappa shape index (κ3) is 3.00. The van der Waals surface area contributed by atoms with Crippen molar-refractivity contribution in [3.8, 4) is 11.8 Å². The number of halogens is 1. The number of carbonyl (C=O) groups excluding carboxylic acids is 1. The molecule has 4 nitrogen and oxygen atoms in total. The normalized spacial score (nSPS) is 9.81. The van der Waals surface area contributed by atoms with Crippen molar-refractivity contribution in [2.75, 3.05) is 12.4 Å². The van der Waals surface area contributed by atoms with Gasteiger partial charge in [-0.1, -0.05) is 12.1 Å². The lowest BCUT2D eigenvalue weighted by Crippen LogP contribution is -2.15. The highest BCUT2D eigenvalue weighted by molar-refractivity contribution is 6.06. The molecule has 1 amide bonds. The Balaban J connectivity index is 2.38. The molecule has 0 saturated carbocycles. The summed E-state index contributed by atoms with van der Waals surface area (Å²) in [6, 6.07) is 11.1. The lowest BCUT2D eigenvalue weighted by Gasteiger charge is -2.12. The predicted molar refractivity (Wildman–Crippen MR) is 76.8 cm³/mol. The van der Waals surface area contributed by atoms with Crippen LogP contribution in [0.5, 0.6) is 5.75 Å². The fraction of sp³-hybridized carbons (Fsp3) is 0.125. The Hall–Kier alpha value is -2.87. The molecule has 21 heavy (non-hydrogen) atoms. The van der Waals surface area contributed by atoms with Gasteiger partial charge in [-0.25, -0.2) is 4.39 Å². The average molecular weight is 284 g/mol. The fourth-order valence-electron chi connectivity index (χ4n) is 1.91. The average Bonchev–Trinajstić information content (AvgIpc) is 2.47. The molecular formula is C16H13FN2O2. The van der Waals surface area contributed by atoms with E-state index < -0.39 is 11.7 Å². The molecule has 2 aromatic carbocycles. The molecule has 0 aromatic heterocycles. The summed E-state index contributed by atoms with van der Waals surface area (Å²) < 4.78 is 18.9. The number of aryl methyl sites for hydroxylation is 1. The van der Waals surface area contributed by atoms with Gasteiger partial charge in [-0.15, -0.1) is 0 Å². The van der Waals surface area contributed by atoms with E-state index in [1.54, 1.807) is 31.2 Å². The number of nitriles is 1. The topological polar surface area (TPSA) is 62.1 Å². The molecule has 0 unspecified atom stereocenters. The lowest BCUT2D eigenvalue weighted by molar-refractivity contribution is 0.102. The molecule has 2 aromatic rings. The van der Waals surface area contributed by atoms with Gasteiger partial charge in [0.25, 0.3) is 5.91 Å². The second-order valence-corrected chi connectivity index (χ2v) is 4.43. The largest absolute Gasteiger partial charge is 0.495 e. The van der Waals surface area contributed by atoms with Crippen molar-refractivity contribution in [3.63, 3.8) is 0 Å². The molecular weight excluding hydrogens is 271 g/mol. The van der Waals surface area contributed by atoms with Crippen LogP contribution in [0.15, 0.2) is 36.4 Å².